The lowest BCUT2D eigenvalue weighted by Crippen LogP contribution is -2.54. The van der Waals surface area contributed by atoms with Crippen LogP contribution in [0.4, 0.5) is 5.69 Å². The van der Waals surface area contributed by atoms with Crippen LogP contribution in [-0.4, -0.2) is 43.8 Å². The van der Waals surface area contributed by atoms with E-state index in [0.717, 1.165) is 46.4 Å². The summed E-state index contributed by atoms with van der Waals surface area (Å²) in [4.78, 5) is 29.3. The SMILES string of the molecule is CC[C@H](C(=O)NC1CCCCC1)N(Cc1ccc(Cl)cc1)C(=O)CN(c1ccc(Br)cc1)S(=O)(=O)c1ccccc1. The summed E-state index contributed by atoms with van der Waals surface area (Å²) >= 11 is 9.49. The highest BCUT2D eigenvalue weighted by atomic mass is 79.9. The minimum Gasteiger partial charge on any atom is -0.352 e. The van der Waals surface area contributed by atoms with Crippen molar-refractivity contribution in [3.63, 3.8) is 0 Å². The van der Waals surface area contributed by atoms with Crippen LogP contribution in [0.3, 0.4) is 0 Å². The van der Waals surface area contributed by atoms with Crippen molar-refractivity contribution in [2.45, 2.75) is 69.0 Å². The molecule has 0 bridgehead atoms. The van der Waals surface area contributed by atoms with E-state index >= 15 is 0 Å². The Balaban J connectivity index is 1.68. The van der Waals surface area contributed by atoms with Crippen molar-refractivity contribution in [3.05, 3.63) is 93.9 Å². The van der Waals surface area contributed by atoms with Gasteiger partial charge in [0.1, 0.15) is 12.6 Å². The zero-order chi connectivity index (χ0) is 29.4. The summed E-state index contributed by atoms with van der Waals surface area (Å²) in [6.07, 6.45) is 5.50. The van der Waals surface area contributed by atoms with Gasteiger partial charge >= 0.3 is 0 Å². The van der Waals surface area contributed by atoms with Crippen molar-refractivity contribution in [2.75, 3.05) is 10.8 Å². The predicted molar refractivity (Wildman–Crippen MR) is 166 cm³/mol. The molecule has 1 fully saturated rings. The number of amides is 2. The summed E-state index contributed by atoms with van der Waals surface area (Å²) in [5, 5.41) is 3.72. The number of sulfonamides is 1. The third-order valence-electron chi connectivity index (χ3n) is 7.33. The van der Waals surface area contributed by atoms with Gasteiger partial charge in [-0.1, -0.05) is 84.0 Å². The molecule has 0 saturated heterocycles. The van der Waals surface area contributed by atoms with Crippen molar-refractivity contribution in [1.29, 1.82) is 0 Å². The highest BCUT2D eigenvalue weighted by Gasteiger charge is 2.34. The average Bonchev–Trinajstić information content (AvgIpc) is 2.98. The van der Waals surface area contributed by atoms with Gasteiger partial charge in [-0.15, -0.1) is 0 Å². The van der Waals surface area contributed by atoms with E-state index in [4.69, 9.17) is 11.6 Å². The molecular weight excluding hydrogens is 626 g/mol. The van der Waals surface area contributed by atoms with E-state index in [9.17, 15) is 18.0 Å². The fourth-order valence-corrected chi connectivity index (χ4v) is 6.93. The van der Waals surface area contributed by atoms with E-state index in [1.807, 2.05) is 19.1 Å². The molecule has 41 heavy (non-hydrogen) atoms. The Morgan fingerprint density at radius 2 is 1.59 bits per heavy atom. The molecular formula is C31H35BrClN3O4S. The number of nitrogens with one attached hydrogen (secondary N) is 1. The van der Waals surface area contributed by atoms with Gasteiger partial charge in [0.15, 0.2) is 0 Å². The number of benzene rings is 3. The van der Waals surface area contributed by atoms with Crippen LogP contribution in [0.2, 0.25) is 5.02 Å². The number of anilines is 1. The van der Waals surface area contributed by atoms with Gasteiger partial charge < -0.3 is 10.2 Å². The predicted octanol–water partition coefficient (Wildman–Crippen LogP) is 6.55. The molecule has 3 aromatic rings. The molecule has 0 heterocycles. The maximum atomic E-state index is 14.1. The van der Waals surface area contributed by atoms with Gasteiger partial charge in [0.2, 0.25) is 11.8 Å². The zero-order valence-corrected chi connectivity index (χ0v) is 26.2. The first-order valence-electron chi connectivity index (χ1n) is 13.9. The van der Waals surface area contributed by atoms with Crippen LogP contribution in [0, 0.1) is 0 Å². The van der Waals surface area contributed by atoms with E-state index in [1.54, 1.807) is 54.6 Å². The second kappa shape index (κ2) is 14.3. The van der Waals surface area contributed by atoms with Crippen LogP contribution in [-0.2, 0) is 26.2 Å². The zero-order valence-electron chi connectivity index (χ0n) is 23.0. The van der Waals surface area contributed by atoms with E-state index in [0.29, 0.717) is 17.1 Å². The number of rotatable bonds is 11. The molecule has 2 amide bonds. The molecule has 7 nitrogen and oxygen atoms in total. The van der Waals surface area contributed by atoms with Gasteiger partial charge in [0, 0.05) is 22.1 Å². The number of hydrogen-bond acceptors (Lipinski definition) is 4. The van der Waals surface area contributed by atoms with Gasteiger partial charge in [-0.3, -0.25) is 13.9 Å². The summed E-state index contributed by atoms with van der Waals surface area (Å²) in [5.74, 6) is -0.698. The number of carbonyl (C=O) groups is 2. The normalized spacial score (nSPS) is 14.7. The summed E-state index contributed by atoms with van der Waals surface area (Å²) in [5.41, 5.74) is 1.13. The van der Waals surface area contributed by atoms with Crippen LogP contribution < -0.4 is 9.62 Å². The first kappa shape index (κ1) is 31.1. The second-order valence-electron chi connectivity index (χ2n) is 10.2. The first-order valence-corrected chi connectivity index (χ1v) is 16.5. The maximum absolute atomic E-state index is 14.1. The Labute approximate surface area is 256 Å². The molecule has 0 aromatic heterocycles. The molecule has 1 saturated carbocycles. The third kappa shape index (κ3) is 8.11. The smallest absolute Gasteiger partial charge is 0.264 e. The first-order chi connectivity index (χ1) is 19.7. The Morgan fingerprint density at radius 1 is 0.951 bits per heavy atom. The Hall–Kier alpha value is -2.88. The molecule has 0 unspecified atom stereocenters. The molecule has 0 spiro atoms. The molecule has 0 radical (unpaired) electrons. The minimum atomic E-state index is -4.10. The lowest BCUT2D eigenvalue weighted by Gasteiger charge is -2.34. The van der Waals surface area contributed by atoms with Crippen LogP contribution in [0.15, 0.2) is 88.2 Å². The van der Waals surface area contributed by atoms with E-state index in [1.165, 1.54) is 17.0 Å². The van der Waals surface area contributed by atoms with Crippen LogP contribution in [0.25, 0.3) is 0 Å². The standard InChI is InChI=1S/C31H35BrClN3O4S/c1-2-29(31(38)34-26-9-5-3-6-10-26)35(21-23-13-17-25(33)18-14-23)30(37)22-36(27-19-15-24(32)16-20-27)41(39,40)28-11-7-4-8-12-28/h4,7-8,11-20,26,29H,2-3,5-6,9-10,21-22H2,1H3,(H,34,38)/t29-/m1/s1. The summed E-state index contributed by atoms with van der Waals surface area (Å²) in [7, 11) is -4.10. The van der Waals surface area contributed by atoms with Crippen LogP contribution >= 0.6 is 27.5 Å². The van der Waals surface area contributed by atoms with E-state index in [-0.39, 0.29) is 23.4 Å². The number of nitrogens with zero attached hydrogens (tertiary/aromatic N) is 2. The quantitative estimate of drug-likeness (QED) is 0.253. The summed E-state index contributed by atoms with van der Waals surface area (Å²) < 4.78 is 29.6. The molecule has 3 aromatic carbocycles. The van der Waals surface area contributed by atoms with Crippen LogP contribution in [0.1, 0.15) is 51.0 Å². The van der Waals surface area contributed by atoms with Gasteiger partial charge in [0.05, 0.1) is 10.6 Å². The van der Waals surface area contributed by atoms with Crippen LogP contribution in [0.5, 0.6) is 0 Å². The van der Waals surface area contributed by atoms with Gasteiger partial charge in [-0.25, -0.2) is 8.42 Å². The molecule has 1 aliphatic carbocycles. The average molecular weight is 661 g/mol. The number of carbonyl (C=O) groups excluding carboxylic acids is 2. The molecule has 1 atom stereocenters. The summed E-state index contributed by atoms with van der Waals surface area (Å²) in [6.45, 7) is 1.52. The fraction of sp³-hybridized carbons (Fsp3) is 0.355. The number of hydrogen-bond donors (Lipinski definition) is 1. The van der Waals surface area contributed by atoms with Gasteiger partial charge in [-0.2, -0.15) is 0 Å². The Morgan fingerprint density at radius 3 is 2.20 bits per heavy atom. The second-order valence-corrected chi connectivity index (χ2v) is 13.4. The fourth-order valence-electron chi connectivity index (χ4n) is 5.11. The topological polar surface area (TPSA) is 86.8 Å². The van der Waals surface area contributed by atoms with Gasteiger partial charge in [-0.05, 0) is 73.4 Å². The highest BCUT2D eigenvalue weighted by Crippen LogP contribution is 2.27. The van der Waals surface area contributed by atoms with Crippen molar-refractivity contribution in [1.82, 2.24) is 10.2 Å². The molecule has 1 N–H and O–H groups in total. The monoisotopic (exact) mass is 659 g/mol. The number of halogens is 2. The largest absolute Gasteiger partial charge is 0.352 e. The Kier molecular flexibility index (Phi) is 10.9. The molecule has 10 heteroatoms. The lowest BCUT2D eigenvalue weighted by atomic mass is 9.95. The van der Waals surface area contributed by atoms with E-state index < -0.39 is 28.5 Å². The third-order valence-corrected chi connectivity index (χ3v) is 9.90. The highest BCUT2D eigenvalue weighted by molar-refractivity contribution is 9.10. The van der Waals surface area contributed by atoms with Crippen molar-refractivity contribution in [3.8, 4) is 0 Å². The van der Waals surface area contributed by atoms with Crippen molar-refractivity contribution < 1.29 is 18.0 Å². The Bertz CT molecular complexity index is 1410. The molecule has 0 aliphatic heterocycles. The molecule has 4 rings (SSSR count). The van der Waals surface area contributed by atoms with Crippen molar-refractivity contribution >= 4 is 55.1 Å². The lowest BCUT2D eigenvalue weighted by molar-refractivity contribution is -0.140. The van der Waals surface area contributed by atoms with E-state index in [2.05, 4.69) is 21.2 Å². The minimum absolute atomic E-state index is 0.0713. The maximum Gasteiger partial charge on any atom is 0.264 e. The van der Waals surface area contributed by atoms with Crippen molar-refractivity contribution in [2.24, 2.45) is 0 Å². The summed E-state index contributed by atoms with van der Waals surface area (Å²) in [6, 6.07) is 21.2. The van der Waals surface area contributed by atoms with Gasteiger partial charge in [0.25, 0.3) is 10.0 Å². The molecule has 218 valence electrons. The molecule has 1 aliphatic rings.